The van der Waals surface area contributed by atoms with E-state index in [0.717, 1.165) is 0 Å². The molecule has 0 amide bonds. The fraction of sp³-hybridized carbons (Fsp3) is 0.154. The Labute approximate surface area is 127 Å². The number of rotatable bonds is 5. The van der Waals surface area contributed by atoms with Crippen molar-refractivity contribution in [1.29, 1.82) is 0 Å². The van der Waals surface area contributed by atoms with E-state index < -0.39 is 10.9 Å². The van der Waals surface area contributed by atoms with Crippen LogP contribution in [0.1, 0.15) is 21.7 Å². The Kier molecular flexibility index (Phi) is 4.27. The molecule has 0 bridgehead atoms. The molecule has 0 atom stereocenters. The summed E-state index contributed by atoms with van der Waals surface area (Å²) in [5.41, 5.74) is 0.317. The maximum absolute atomic E-state index is 11.0. The van der Waals surface area contributed by atoms with E-state index in [-0.39, 0.29) is 29.4 Å². The van der Waals surface area contributed by atoms with Crippen LogP contribution < -0.4 is 4.74 Å². The number of aryl methyl sites for hydroxylation is 1. The normalized spacial score (nSPS) is 10.4. The van der Waals surface area contributed by atoms with Crippen LogP contribution in [0, 0.1) is 17.0 Å². The number of carboxylic acid groups (broad SMARTS) is 1. The van der Waals surface area contributed by atoms with Crippen LogP contribution in [-0.2, 0) is 6.61 Å². The Hall–Kier alpha value is -2.35. The van der Waals surface area contributed by atoms with Gasteiger partial charge in [-0.25, -0.2) is 4.79 Å². The minimum atomic E-state index is -1.15. The summed E-state index contributed by atoms with van der Waals surface area (Å²) >= 11 is 3.18. The number of carbonyl (C=O) groups is 1. The molecule has 2 rings (SSSR count). The lowest BCUT2D eigenvalue weighted by molar-refractivity contribution is -0.386. The summed E-state index contributed by atoms with van der Waals surface area (Å²) in [6, 6.07) is 4.29. The van der Waals surface area contributed by atoms with Crippen molar-refractivity contribution in [3.05, 3.63) is 55.9 Å². The van der Waals surface area contributed by atoms with Crippen LogP contribution in [0.15, 0.2) is 33.4 Å². The van der Waals surface area contributed by atoms with Gasteiger partial charge in [0.05, 0.1) is 11.2 Å². The Bertz CT molecular complexity index is 709. The van der Waals surface area contributed by atoms with Crippen molar-refractivity contribution in [3.63, 3.8) is 0 Å². The fourth-order valence-electron chi connectivity index (χ4n) is 1.82. The summed E-state index contributed by atoms with van der Waals surface area (Å²) in [5, 5.41) is 20.0. The summed E-state index contributed by atoms with van der Waals surface area (Å²) < 4.78 is 11.0. The van der Waals surface area contributed by atoms with Crippen LogP contribution in [0.3, 0.4) is 0 Å². The highest BCUT2D eigenvalue weighted by molar-refractivity contribution is 9.10. The monoisotopic (exact) mass is 355 g/mol. The quantitative estimate of drug-likeness (QED) is 0.649. The summed E-state index contributed by atoms with van der Waals surface area (Å²) in [4.78, 5) is 21.4. The third-order valence-electron chi connectivity index (χ3n) is 2.74. The average molecular weight is 356 g/mol. The first-order valence-corrected chi connectivity index (χ1v) is 6.56. The number of furan rings is 1. The van der Waals surface area contributed by atoms with Crippen molar-refractivity contribution in [1.82, 2.24) is 0 Å². The van der Waals surface area contributed by atoms with E-state index in [2.05, 4.69) is 15.9 Å². The first kappa shape index (κ1) is 15.0. The highest BCUT2D eigenvalue weighted by Gasteiger charge is 2.21. The number of ether oxygens (including phenoxy) is 1. The second-order valence-corrected chi connectivity index (χ2v) is 5.10. The Balaban J connectivity index is 2.30. The number of hydrogen-bond acceptors (Lipinski definition) is 5. The van der Waals surface area contributed by atoms with Crippen molar-refractivity contribution >= 4 is 27.6 Å². The first-order valence-electron chi connectivity index (χ1n) is 5.77. The van der Waals surface area contributed by atoms with Gasteiger partial charge in [-0.1, -0.05) is 15.9 Å². The SMILES string of the molecule is Cc1cc(Br)cc([N+](=O)[O-])c1OCc1occc1C(=O)O. The molecule has 0 spiro atoms. The molecule has 0 saturated heterocycles. The van der Waals surface area contributed by atoms with Gasteiger partial charge >= 0.3 is 11.7 Å². The van der Waals surface area contributed by atoms with Crippen LogP contribution >= 0.6 is 15.9 Å². The molecule has 0 unspecified atom stereocenters. The van der Waals surface area contributed by atoms with Gasteiger partial charge < -0.3 is 14.3 Å². The molecule has 0 aliphatic rings. The maximum atomic E-state index is 11.0. The summed E-state index contributed by atoms with van der Waals surface area (Å²) in [6.45, 7) is 1.45. The van der Waals surface area contributed by atoms with E-state index >= 15 is 0 Å². The highest BCUT2D eigenvalue weighted by Crippen LogP contribution is 2.34. The fourth-order valence-corrected chi connectivity index (χ4v) is 2.38. The van der Waals surface area contributed by atoms with Crippen LogP contribution in [0.4, 0.5) is 5.69 Å². The lowest BCUT2D eigenvalue weighted by Crippen LogP contribution is -2.04. The predicted octanol–water partition coefficient (Wildman–Crippen LogP) is 3.54. The van der Waals surface area contributed by atoms with Gasteiger partial charge in [0, 0.05) is 10.5 Å². The molecule has 1 aromatic heterocycles. The Morgan fingerprint density at radius 1 is 1.52 bits per heavy atom. The molecule has 2 aromatic rings. The van der Waals surface area contributed by atoms with Gasteiger partial charge in [0.25, 0.3) is 0 Å². The zero-order valence-electron chi connectivity index (χ0n) is 10.8. The number of benzene rings is 1. The molecule has 1 aromatic carbocycles. The third kappa shape index (κ3) is 3.22. The van der Waals surface area contributed by atoms with Gasteiger partial charge in [-0.05, 0) is 24.6 Å². The standard InChI is InChI=1S/C13H10BrNO6/c1-7-4-8(14)5-10(15(18)19)12(7)21-6-11-9(13(16)17)2-3-20-11/h2-5H,6H2,1H3,(H,16,17). The molecule has 0 radical (unpaired) electrons. The predicted molar refractivity (Wildman–Crippen MR) is 75.5 cm³/mol. The van der Waals surface area contributed by atoms with Crippen LogP contribution in [-0.4, -0.2) is 16.0 Å². The molecule has 0 aliphatic heterocycles. The van der Waals surface area contributed by atoms with Crippen molar-refractivity contribution in [3.8, 4) is 5.75 Å². The van der Waals surface area contributed by atoms with Crippen molar-refractivity contribution in [2.24, 2.45) is 0 Å². The van der Waals surface area contributed by atoms with Crippen molar-refractivity contribution in [2.75, 3.05) is 0 Å². The minimum Gasteiger partial charge on any atom is -0.478 e. The maximum Gasteiger partial charge on any atom is 0.339 e. The van der Waals surface area contributed by atoms with E-state index in [4.69, 9.17) is 14.3 Å². The van der Waals surface area contributed by atoms with E-state index in [1.165, 1.54) is 18.4 Å². The number of hydrogen-bond donors (Lipinski definition) is 1. The van der Waals surface area contributed by atoms with Gasteiger partial charge in [-0.3, -0.25) is 10.1 Å². The van der Waals surface area contributed by atoms with Crippen LogP contribution in [0.5, 0.6) is 5.75 Å². The van der Waals surface area contributed by atoms with Crippen molar-refractivity contribution < 1.29 is 24.0 Å². The van der Waals surface area contributed by atoms with E-state index in [0.29, 0.717) is 10.0 Å². The zero-order chi connectivity index (χ0) is 15.6. The second-order valence-electron chi connectivity index (χ2n) is 4.18. The molecule has 0 saturated carbocycles. The lowest BCUT2D eigenvalue weighted by atomic mass is 10.2. The molecule has 1 N–H and O–H groups in total. The summed E-state index contributed by atoms with van der Waals surface area (Å²) in [6.07, 6.45) is 1.23. The Morgan fingerprint density at radius 3 is 2.86 bits per heavy atom. The largest absolute Gasteiger partial charge is 0.478 e. The molecular weight excluding hydrogens is 346 g/mol. The number of nitro groups is 1. The molecule has 0 aliphatic carbocycles. The number of carboxylic acids is 1. The number of nitrogens with zero attached hydrogens (tertiary/aromatic N) is 1. The van der Waals surface area contributed by atoms with Gasteiger partial charge in [0.15, 0.2) is 5.76 Å². The highest BCUT2D eigenvalue weighted by atomic mass is 79.9. The number of aromatic carboxylic acids is 1. The lowest BCUT2D eigenvalue weighted by Gasteiger charge is -2.09. The van der Waals surface area contributed by atoms with Gasteiger partial charge in [-0.15, -0.1) is 0 Å². The molecule has 1 heterocycles. The second kappa shape index (κ2) is 5.96. The van der Waals surface area contributed by atoms with E-state index in [1.54, 1.807) is 13.0 Å². The first-order chi connectivity index (χ1) is 9.90. The van der Waals surface area contributed by atoms with Gasteiger partial charge in [0.1, 0.15) is 12.2 Å². The van der Waals surface area contributed by atoms with Crippen LogP contribution in [0.25, 0.3) is 0 Å². The molecule has 0 fully saturated rings. The minimum absolute atomic E-state index is 0.0348. The van der Waals surface area contributed by atoms with E-state index in [1.807, 2.05) is 0 Å². The summed E-state index contributed by atoms with van der Waals surface area (Å²) in [7, 11) is 0. The van der Waals surface area contributed by atoms with E-state index in [9.17, 15) is 14.9 Å². The van der Waals surface area contributed by atoms with Crippen molar-refractivity contribution in [2.45, 2.75) is 13.5 Å². The number of nitro benzene ring substituents is 1. The topological polar surface area (TPSA) is 103 Å². The molecule has 8 heteroatoms. The average Bonchev–Trinajstić information content (AvgIpc) is 2.85. The number of halogens is 1. The summed E-state index contributed by atoms with van der Waals surface area (Å²) in [5.74, 6) is -0.973. The Morgan fingerprint density at radius 2 is 2.24 bits per heavy atom. The zero-order valence-corrected chi connectivity index (χ0v) is 12.4. The smallest absolute Gasteiger partial charge is 0.339 e. The molecular formula is C13H10BrNO6. The van der Waals surface area contributed by atoms with Gasteiger partial charge in [0.2, 0.25) is 5.75 Å². The van der Waals surface area contributed by atoms with Crippen LogP contribution in [0.2, 0.25) is 0 Å². The molecule has 110 valence electrons. The molecule has 21 heavy (non-hydrogen) atoms. The third-order valence-corrected chi connectivity index (χ3v) is 3.20. The van der Waals surface area contributed by atoms with Gasteiger partial charge in [-0.2, -0.15) is 0 Å². The molecule has 7 nitrogen and oxygen atoms in total.